The lowest BCUT2D eigenvalue weighted by molar-refractivity contribution is -0.141. The predicted octanol–water partition coefficient (Wildman–Crippen LogP) is 4.23. The first kappa shape index (κ1) is 18.7. The molecule has 0 aromatic carbocycles. The number of aromatic nitrogens is 2. The van der Waals surface area contributed by atoms with Crippen LogP contribution in [0.1, 0.15) is 26.0 Å². The van der Waals surface area contributed by atoms with Gasteiger partial charge in [0, 0.05) is 6.04 Å². The highest BCUT2D eigenvalue weighted by molar-refractivity contribution is 7.99. The molecule has 0 bridgehead atoms. The molecule has 0 unspecified atom stereocenters. The van der Waals surface area contributed by atoms with E-state index in [9.17, 15) is 18.0 Å². The number of amides is 1. The fourth-order valence-electron chi connectivity index (χ4n) is 1.73. The van der Waals surface area contributed by atoms with Crippen molar-refractivity contribution in [3.05, 3.63) is 29.3 Å². The van der Waals surface area contributed by atoms with Crippen molar-refractivity contribution >= 4 is 29.0 Å². The Kier molecular flexibility index (Phi) is 6.22. The van der Waals surface area contributed by atoms with Crippen LogP contribution in [0.4, 0.5) is 13.2 Å². The SMILES string of the molecule is CC[C@@H](C)NC(=O)CSc1nc(-c2cccs2)cc(C(F)(F)F)n1. The van der Waals surface area contributed by atoms with Gasteiger partial charge in [0.1, 0.15) is 5.69 Å². The largest absolute Gasteiger partial charge is 0.433 e. The minimum Gasteiger partial charge on any atom is -0.353 e. The molecule has 0 fully saturated rings. The van der Waals surface area contributed by atoms with Crippen LogP contribution in [0, 0.1) is 0 Å². The highest BCUT2D eigenvalue weighted by atomic mass is 32.2. The van der Waals surface area contributed by atoms with Crippen LogP contribution in [-0.4, -0.2) is 27.7 Å². The van der Waals surface area contributed by atoms with Crippen LogP contribution in [-0.2, 0) is 11.0 Å². The van der Waals surface area contributed by atoms with E-state index in [1.54, 1.807) is 17.5 Å². The minimum atomic E-state index is -4.57. The maximum Gasteiger partial charge on any atom is 0.433 e. The van der Waals surface area contributed by atoms with E-state index >= 15 is 0 Å². The quantitative estimate of drug-likeness (QED) is 0.606. The zero-order valence-electron chi connectivity index (χ0n) is 13.1. The molecule has 0 saturated carbocycles. The Hall–Kier alpha value is -1.61. The Bertz CT molecular complexity index is 690. The fraction of sp³-hybridized carbons (Fsp3) is 0.400. The summed E-state index contributed by atoms with van der Waals surface area (Å²) in [6, 6.07) is 4.37. The van der Waals surface area contributed by atoms with E-state index in [0.717, 1.165) is 24.2 Å². The fourth-order valence-corrected chi connectivity index (χ4v) is 3.09. The van der Waals surface area contributed by atoms with Gasteiger partial charge in [-0.25, -0.2) is 9.97 Å². The number of carbonyl (C=O) groups excluding carboxylic acids is 1. The summed E-state index contributed by atoms with van der Waals surface area (Å²) in [7, 11) is 0. The maximum absolute atomic E-state index is 13.0. The normalized spacial score (nSPS) is 12.9. The minimum absolute atomic E-state index is 0.0159. The van der Waals surface area contributed by atoms with Gasteiger partial charge in [-0.15, -0.1) is 11.3 Å². The second kappa shape index (κ2) is 7.98. The van der Waals surface area contributed by atoms with Gasteiger partial charge in [-0.1, -0.05) is 24.8 Å². The van der Waals surface area contributed by atoms with Crippen molar-refractivity contribution in [2.24, 2.45) is 0 Å². The molecule has 0 aliphatic rings. The highest BCUT2D eigenvalue weighted by Crippen LogP contribution is 2.33. The van der Waals surface area contributed by atoms with Gasteiger partial charge < -0.3 is 5.32 Å². The molecule has 1 N–H and O–H groups in total. The first-order chi connectivity index (χ1) is 11.3. The molecule has 2 aromatic heterocycles. The molecule has 130 valence electrons. The van der Waals surface area contributed by atoms with Crippen LogP contribution in [0.3, 0.4) is 0 Å². The molecule has 2 rings (SSSR count). The lowest BCUT2D eigenvalue weighted by Gasteiger charge is -2.12. The van der Waals surface area contributed by atoms with E-state index in [1.807, 2.05) is 13.8 Å². The van der Waals surface area contributed by atoms with Crippen molar-refractivity contribution < 1.29 is 18.0 Å². The third-order valence-electron chi connectivity index (χ3n) is 3.12. The number of nitrogens with one attached hydrogen (secondary N) is 1. The molecular formula is C15H16F3N3OS2. The molecule has 0 aliphatic carbocycles. The molecule has 1 amide bonds. The Morgan fingerprint density at radius 3 is 2.75 bits per heavy atom. The molecular weight excluding hydrogens is 359 g/mol. The standard InChI is InChI=1S/C15H16F3N3OS2/c1-3-9(2)19-13(22)8-24-14-20-10(11-5-4-6-23-11)7-12(21-14)15(16,17)18/h4-7,9H,3,8H2,1-2H3,(H,19,22)/t9-/m1/s1. The van der Waals surface area contributed by atoms with Crippen molar-refractivity contribution in [3.63, 3.8) is 0 Å². The number of alkyl halides is 3. The van der Waals surface area contributed by atoms with Crippen LogP contribution in [0.2, 0.25) is 0 Å². The molecule has 0 aliphatic heterocycles. The average molecular weight is 375 g/mol. The van der Waals surface area contributed by atoms with Crippen molar-refractivity contribution in [2.45, 2.75) is 37.6 Å². The predicted molar refractivity (Wildman–Crippen MR) is 89.0 cm³/mol. The third-order valence-corrected chi connectivity index (χ3v) is 4.86. The van der Waals surface area contributed by atoms with Gasteiger partial charge in [-0.3, -0.25) is 4.79 Å². The number of hydrogen-bond acceptors (Lipinski definition) is 5. The number of nitrogens with zero attached hydrogens (tertiary/aromatic N) is 2. The maximum atomic E-state index is 13.0. The van der Waals surface area contributed by atoms with Gasteiger partial charge in [0.25, 0.3) is 0 Å². The number of carbonyl (C=O) groups is 1. The lowest BCUT2D eigenvalue weighted by atomic mass is 10.3. The Labute approximate surface area is 145 Å². The summed E-state index contributed by atoms with van der Waals surface area (Å²) in [6.07, 6.45) is -3.79. The first-order valence-electron chi connectivity index (χ1n) is 7.22. The van der Waals surface area contributed by atoms with E-state index in [-0.39, 0.29) is 28.6 Å². The first-order valence-corrected chi connectivity index (χ1v) is 9.08. The molecule has 0 radical (unpaired) electrons. The molecule has 0 saturated heterocycles. The van der Waals surface area contributed by atoms with Crippen LogP contribution in [0.5, 0.6) is 0 Å². The molecule has 9 heteroatoms. The molecule has 2 heterocycles. The summed E-state index contributed by atoms with van der Waals surface area (Å²) in [5.41, 5.74) is -0.803. The van der Waals surface area contributed by atoms with Gasteiger partial charge >= 0.3 is 6.18 Å². The number of thioether (sulfide) groups is 1. The number of rotatable bonds is 6. The van der Waals surface area contributed by atoms with Crippen LogP contribution in [0.25, 0.3) is 10.6 Å². The summed E-state index contributed by atoms with van der Waals surface area (Å²) in [5, 5.41) is 4.45. The van der Waals surface area contributed by atoms with E-state index < -0.39 is 11.9 Å². The van der Waals surface area contributed by atoms with Crippen LogP contribution in [0.15, 0.2) is 28.7 Å². The second-order valence-corrected chi connectivity index (χ2v) is 6.95. The zero-order valence-corrected chi connectivity index (χ0v) is 14.7. The zero-order chi connectivity index (χ0) is 17.7. The second-order valence-electron chi connectivity index (χ2n) is 5.06. The topological polar surface area (TPSA) is 54.9 Å². The van der Waals surface area contributed by atoms with Crippen molar-refractivity contribution in [3.8, 4) is 10.6 Å². The molecule has 0 spiro atoms. The third kappa shape index (κ3) is 5.20. The molecule has 24 heavy (non-hydrogen) atoms. The van der Waals surface area contributed by atoms with Crippen LogP contribution >= 0.6 is 23.1 Å². The van der Waals surface area contributed by atoms with Crippen molar-refractivity contribution in [2.75, 3.05) is 5.75 Å². The Morgan fingerprint density at radius 2 is 2.17 bits per heavy atom. The van der Waals surface area contributed by atoms with Crippen molar-refractivity contribution in [1.82, 2.24) is 15.3 Å². The van der Waals surface area contributed by atoms with E-state index in [2.05, 4.69) is 15.3 Å². The Morgan fingerprint density at radius 1 is 1.42 bits per heavy atom. The highest BCUT2D eigenvalue weighted by Gasteiger charge is 2.34. The number of thiophene rings is 1. The monoisotopic (exact) mass is 375 g/mol. The lowest BCUT2D eigenvalue weighted by Crippen LogP contribution is -2.33. The summed E-state index contributed by atoms with van der Waals surface area (Å²) in [4.78, 5) is 20.1. The van der Waals surface area contributed by atoms with Crippen LogP contribution < -0.4 is 5.32 Å². The summed E-state index contributed by atoms with van der Waals surface area (Å²) >= 11 is 2.19. The summed E-state index contributed by atoms with van der Waals surface area (Å²) in [6.45, 7) is 3.79. The molecule has 1 atom stereocenters. The van der Waals surface area contributed by atoms with E-state index in [0.29, 0.717) is 4.88 Å². The summed E-state index contributed by atoms with van der Waals surface area (Å²) in [5.74, 6) is -0.289. The van der Waals surface area contributed by atoms with E-state index in [1.165, 1.54) is 11.3 Å². The van der Waals surface area contributed by atoms with Gasteiger partial charge in [0.2, 0.25) is 5.91 Å². The van der Waals surface area contributed by atoms with Crippen molar-refractivity contribution in [1.29, 1.82) is 0 Å². The van der Waals surface area contributed by atoms with Gasteiger partial charge in [-0.05, 0) is 30.9 Å². The van der Waals surface area contributed by atoms with Gasteiger partial charge in [-0.2, -0.15) is 13.2 Å². The number of halogens is 3. The molecule has 4 nitrogen and oxygen atoms in total. The van der Waals surface area contributed by atoms with Gasteiger partial charge in [0.05, 0.1) is 16.3 Å². The van der Waals surface area contributed by atoms with Gasteiger partial charge in [0.15, 0.2) is 5.16 Å². The smallest absolute Gasteiger partial charge is 0.353 e. The number of hydrogen-bond donors (Lipinski definition) is 1. The average Bonchev–Trinajstić information content (AvgIpc) is 3.06. The Balaban J connectivity index is 2.20. The molecule has 2 aromatic rings. The summed E-state index contributed by atoms with van der Waals surface area (Å²) < 4.78 is 39.1. The van der Waals surface area contributed by atoms with E-state index in [4.69, 9.17) is 0 Å².